The van der Waals surface area contributed by atoms with Crippen molar-refractivity contribution in [1.82, 2.24) is 10.3 Å². The van der Waals surface area contributed by atoms with E-state index in [2.05, 4.69) is 10.3 Å². The number of carbonyl (C=O) groups excluding carboxylic acids is 2. The summed E-state index contributed by atoms with van der Waals surface area (Å²) in [5.41, 5.74) is 4.39. The maximum atomic E-state index is 13.0. The van der Waals surface area contributed by atoms with Crippen molar-refractivity contribution < 1.29 is 14.7 Å². The smallest absolute Gasteiger partial charge is 0.151 e. The molecule has 2 aromatic rings. The second kappa shape index (κ2) is 8.52. The Kier molecular flexibility index (Phi) is 6.28. The van der Waals surface area contributed by atoms with Crippen LogP contribution in [-0.2, 0) is 9.59 Å². The molecule has 3 unspecified atom stereocenters. The molecule has 2 N–H and O–H groups in total. The first kappa shape index (κ1) is 20.6. The molecular weight excluding hydrogens is 376 g/mol. The lowest BCUT2D eigenvalue weighted by atomic mass is 9.86. The normalized spacial score (nSPS) is 20.6. The third-order valence-corrected chi connectivity index (χ3v) is 5.54. The van der Waals surface area contributed by atoms with Gasteiger partial charge in [-0.1, -0.05) is 35.4 Å². The van der Waals surface area contributed by atoms with Gasteiger partial charge in [0.25, 0.3) is 0 Å². The van der Waals surface area contributed by atoms with Gasteiger partial charge in [0.15, 0.2) is 5.78 Å². The number of aryl methyl sites for hydroxylation is 3. The van der Waals surface area contributed by atoms with Gasteiger partial charge in [-0.2, -0.15) is 0 Å². The zero-order valence-electron chi connectivity index (χ0n) is 16.3. The van der Waals surface area contributed by atoms with Gasteiger partial charge in [-0.25, -0.2) is 4.98 Å². The number of pyridine rings is 1. The quantitative estimate of drug-likeness (QED) is 0.440. The molecule has 0 amide bonds. The van der Waals surface area contributed by atoms with Crippen molar-refractivity contribution >= 4 is 23.2 Å². The van der Waals surface area contributed by atoms with Crippen molar-refractivity contribution in [3.05, 3.63) is 63.4 Å². The van der Waals surface area contributed by atoms with E-state index in [0.717, 1.165) is 22.3 Å². The number of nitrogens with one attached hydrogen (secondary N) is 1. The molecule has 0 radical (unpaired) electrons. The van der Waals surface area contributed by atoms with Gasteiger partial charge in [0, 0.05) is 12.3 Å². The highest BCUT2D eigenvalue weighted by Gasteiger charge is 2.42. The molecule has 5 nitrogen and oxygen atoms in total. The van der Waals surface area contributed by atoms with Crippen molar-refractivity contribution in [2.45, 2.75) is 45.8 Å². The third-order valence-electron chi connectivity index (χ3n) is 5.33. The Morgan fingerprint density at radius 3 is 2.54 bits per heavy atom. The van der Waals surface area contributed by atoms with Gasteiger partial charge < -0.3 is 5.11 Å². The van der Waals surface area contributed by atoms with E-state index >= 15 is 0 Å². The Morgan fingerprint density at radius 2 is 1.89 bits per heavy atom. The predicted octanol–water partition coefficient (Wildman–Crippen LogP) is 3.57. The van der Waals surface area contributed by atoms with E-state index in [1.807, 2.05) is 32.9 Å². The average molecular weight is 401 g/mol. The first-order valence-corrected chi connectivity index (χ1v) is 9.83. The molecular formula is C22H25ClN2O3. The van der Waals surface area contributed by atoms with Crippen LogP contribution in [0.15, 0.2) is 30.3 Å². The molecule has 0 bridgehead atoms. The fourth-order valence-corrected chi connectivity index (χ4v) is 4.30. The summed E-state index contributed by atoms with van der Waals surface area (Å²) in [6.45, 7) is 6.33. The maximum absolute atomic E-state index is 13.0. The highest BCUT2D eigenvalue weighted by molar-refractivity contribution is 6.29. The van der Waals surface area contributed by atoms with Crippen LogP contribution < -0.4 is 5.32 Å². The van der Waals surface area contributed by atoms with Crippen molar-refractivity contribution in [3.63, 3.8) is 0 Å². The molecule has 0 saturated heterocycles. The summed E-state index contributed by atoms with van der Waals surface area (Å²) in [4.78, 5) is 29.6. The van der Waals surface area contributed by atoms with Crippen molar-refractivity contribution in [3.8, 4) is 0 Å². The SMILES string of the molecule is Cc1cc(C)c(C2C(=O)CC(CCNC(O)c3cccc(Cl)n3)C2=O)c(C)c1. The summed E-state index contributed by atoms with van der Waals surface area (Å²) in [6, 6.07) is 9.06. The lowest BCUT2D eigenvalue weighted by molar-refractivity contribution is -0.124. The number of aromatic nitrogens is 1. The van der Waals surface area contributed by atoms with Crippen LogP contribution in [-0.4, -0.2) is 28.2 Å². The highest BCUT2D eigenvalue weighted by Crippen LogP contribution is 2.37. The van der Waals surface area contributed by atoms with E-state index < -0.39 is 12.1 Å². The molecule has 6 heteroatoms. The minimum atomic E-state index is -0.969. The monoisotopic (exact) mass is 400 g/mol. The minimum absolute atomic E-state index is 0.0119. The first-order chi connectivity index (χ1) is 13.3. The summed E-state index contributed by atoms with van der Waals surface area (Å²) in [6.07, 6.45) is -0.227. The van der Waals surface area contributed by atoms with Crippen LogP contribution in [0, 0.1) is 26.7 Å². The number of rotatable bonds is 6. The third kappa shape index (κ3) is 4.32. The molecule has 1 saturated carbocycles. The summed E-state index contributed by atoms with van der Waals surface area (Å²) in [7, 11) is 0. The van der Waals surface area contributed by atoms with Crippen LogP contribution in [0.4, 0.5) is 0 Å². The first-order valence-electron chi connectivity index (χ1n) is 9.46. The van der Waals surface area contributed by atoms with E-state index in [4.69, 9.17) is 11.6 Å². The largest absolute Gasteiger partial charge is 0.373 e. The zero-order valence-corrected chi connectivity index (χ0v) is 17.1. The number of nitrogens with zero attached hydrogens (tertiary/aromatic N) is 1. The minimum Gasteiger partial charge on any atom is -0.373 e. The fourth-order valence-electron chi connectivity index (χ4n) is 4.12. The molecule has 1 fully saturated rings. The number of carbonyl (C=O) groups is 2. The molecule has 0 aliphatic heterocycles. The number of ketones is 2. The number of Topliss-reactive ketones (excluding diaryl/α,β-unsaturated/α-hetero) is 2. The summed E-state index contributed by atoms with van der Waals surface area (Å²) in [5.74, 6) is -1.02. The fraction of sp³-hybridized carbons (Fsp3) is 0.409. The molecule has 148 valence electrons. The van der Waals surface area contributed by atoms with E-state index in [1.54, 1.807) is 18.2 Å². The van der Waals surface area contributed by atoms with Crippen LogP contribution in [0.1, 0.15) is 52.9 Å². The van der Waals surface area contributed by atoms with E-state index in [0.29, 0.717) is 23.8 Å². The predicted molar refractivity (Wildman–Crippen MR) is 108 cm³/mol. The van der Waals surface area contributed by atoms with Gasteiger partial charge in [-0.05, 0) is 62.6 Å². The van der Waals surface area contributed by atoms with Crippen LogP contribution in [0.5, 0.6) is 0 Å². The van der Waals surface area contributed by atoms with Gasteiger partial charge in [0.1, 0.15) is 23.1 Å². The molecule has 0 spiro atoms. The summed E-state index contributed by atoms with van der Waals surface area (Å²) >= 11 is 5.84. The molecule has 1 heterocycles. The van der Waals surface area contributed by atoms with Gasteiger partial charge in [-0.3, -0.25) is 14.9 Å². The lowest BCUT2D eigenvalue weighted by Crippen LogP contribution is -2.26. The number of hydrogen-bond acceptors (Lipinski definition) is 5. The topological polar surface area (TPSA) is 79.3 Å². The maximum Gasteiger partial charge on any atom is 0.151 e. The van der Waals surface area contributed by atoms with Gasteiger partial charge in [0.05, 0.1) is 5.69 Å². The van der Waals surface area contributed by atoms with Crippen LogP contribution >= 0.6 is 11.6 Å². The highest BCUT2D eigenvalue weighted by atomic mass is 35.5. The Balaban J connectivity index is 1.64. The standard InChI is InChI=1S/C22H25ClN2O3/c1-12-9-13(2)19(14(3)10-12)20-17(26)11-15(21(20)27)7-8-24-22(28)16-5-4-6-18(23)25-16/h4-6,9-10,15,20,22,24,28H,7-8,11H2,1-3H3. The lowest BCUT2D eigenvalue weighted by Gasteiger charge is -2.17. The molecule has 1 aromatic heterocycles. The average Bonchev–Trinajstić information content (AvgIpc) is 2.89. The van der Waals surface area contributed by atoms with Gasteiger partial charge >= 0.3 is 0 Å². The van der Waals surface area contributed by atoms with E-state index in [1.165, 1.54) is 0 Å². The van der Waals surface area contributed by atoms with Crippen LogP contribution in [0.3, 0.4) is 0 Å². The number of benzene rings is 1. The van der Waals surface area contributed by atoms with Crippen molar-refractivity contribution in [2.24, 2.45) is 5.92 Å². The Bertz CT molecular complexity index is 889. The van der Waals surface area contributed by atoms with Gasteiger partial charge in [0.2, 0.25) is 0 Å². The number of aliphatic hydroxyl groups excluding tert-OH is 1. The Labute approximate surface area is 170 Å². The summed E-state index contributed by atoms with van der Waals surface area (Å²) in [5, 5.41) is 13.4. The number of halogens is 1. The molecule has 1 aliphatic carbocycles. The molecule has 1 aliphatic rings. The molecule has 3 atom stereocenters. The Morgan fingerprint density at radius 1 is 1.21 bits per heavy atom. The van der Waals surface area contributed by atoms with E-state index in [9.17, 15) is 14.7 Å². The number of aliphatic hydroxyl groups is 1. The van der Waals surface area contributed by atoms with Gasteiger partial charge in [-0.15, -0.1) is 0 Å². The van der Waals surface area contributed by atoms with E-state index in [-0.39, 0.29) is 23.9 Å². The zero-order chi connectivity index (χ0) is 20.4. The second-order valence-electron chi connectivity index (χ2n) is 7.55. The molecule has 1 aromatic carbocycles. The summed E-state index contributed by atoms with van der Waals surface area (Å²) < 4.78 is 0. The van der Waals surface area contributed by atoms with Crippen molar-refractivity contribution in [1.29, 1.82) is 0 Å². The molecule has 28 heavy (non-hydrogen) atoms. The van der Waals surface area contributed by atoms with Crippen molar-refractivity contribution in [2.75, 3.05) is 6.54 Å². The molecule has 3 rings (SSSR count). The Hall–Kier alpha value is -2.08. The van der Waals surface area contributed by atoms with Crippen LogP contribution in [0.25, 0.3) is 0 Å². The van der Waals surface area contributed by atoms with Crippen LogP contribution in [0.2, 0.25) is 5.15 Å². The number of hydrogen-bond donors (Lipinski definition) is 2. The second-order valence-corrected chi connectivity index (χ2v) is 7.93.